The predicted octanol–water partition coefficient (Wildman–Crippen LogP) is 1.26. The van der Waals surface area contributed by atoms with Gasteiger partial charge in [-0.05, 0) is 6.92 Å². The summed E-state index contributed by atoms with van der Waals surface area (Å²) in [5.74, 6) is 0. The molecule has 0 bridgehead atoms. The Hall–Kier alpha value is -1.08. The van der Waals surface area contributed by atoms with E-state index in [0.29, 0.717) is 0 Å². The summed E-state index contributed by atoms with van der Waals surface area (Å²) in [7, 11) is 2.74. The smallest absolute Gasteiger partial charge is 0.372 e. The van der Waals surface area contributed by atoms with Gasteiger partial charge in [-0.15, -0.1) is 0 Å². The summed E-state index contributed by atoms with van der Waals surface area (Å²) in [4.78, 5) is 0. The molecule has 0 aliphatic heterocycles. The number of hydrogen-bond acceptors (Lipinski definition) is 3. The van der Waals surface area contributed by atoms with Crippen molar-refractivity contribution in [2.45, 2.75) is 18.7 Å². The Labute approximate surface area is 91.2 Å². The van der Waals surface area contributed by atoms with Crippen molar-refractivity contribution in [3.63, 3.8) is 0 Å². The van der Waals surface area contributed by atoms with Gasteiger partial charge in [0.1, 0.15) is 5.60 Å². The lowest BCUT2D eigenvalue weighted by Crippen LogP contribution is -2.35. The van der Waals surface area contributed by atoms with Gasteiger partial charge in [-0.3, -0.25) is 4.68 Å². The molecule has 1 aromatic rings. The van der Waals surface area contributed by atoms with Crippen molar-refractivity contribution >= 4 is 0 Å². The normalized spacial score (nSPS) is 16.2. The Bertz CT molecular complexity index is 369. The van der Waals surface area contributed by atoms with Crippen molar-refractivity contribution in [2.24, 2.45) is 12.8 Å². The molecular weight excluding hydrogens is 223 g/mol. The van der Waals surface area contributed by atoms with Crippen LogP contribution >= 0.6 is 0 Å². The van der Waals surface area contributed by atoms with Crippen LogP contribution in [-0.4, -0.2) is 23.4 Å². The fraction of sp³-hybridized carbons (Fsp3) is 0.667. The lowest BCUT2D eigenvalue weighted by Gasteiger charge is -2.26. The fourth-order valence-electron chi connectivity index (χ4n) is 1.39. The first-order chi connectivity index (χ1) is 7.24. The molecule has 4 nitrogen and oxygen atoms in total. The number of methoxy groups -OCH3 is 1. The van der Waals surface area contributed by atoms with Gasteiger partial charge in [-0.25, -0.2) is 0 Å². The van der Waals surface area contributed by atoms with E-state index < -0.39 is 17.5 Å². The van der Waals surface area contributed by atoms with Crippen molar-refractivity contribution in [1.82, 2.24) is 9.78 Å². The summed E-state index contributed by atoms with van der Waals surface area (Å²) >= 11 is 0. The van der Waals surface area contributed by atoms with Crippen molar-refractivity contribution in [1.29, 1.82) is 0 Å². The molecule has 0 radical (unpaired) electrons. The number of aryl methyl sites for hydroxylation is 1. The first-order valence-corrected chi connectivity index (χ1v) is 4.61. The zero-order valence-corrected chi connectivity index (χ0v) is 9.30. The van der Waals surface area contributed by atoms with E-state index in [-0.39, 0.29) is 12.1 Å². The van der Waals surface area contributed by atoms with Crippen LogP contribution in [0.1, 0.15) is 18.2 Å². The molecule has 1 rings (SSSR count). The van der Waals surface area contributed by atoms with Crippen LogP contribution in [0.4, 0.5) is 13.2 Å². The van der Waals surface area contributed by atoms with Gasteiger partial charge in [0.25, 0.3) is 0 Å². The van der Waals surface area contributed by atoms with Gasteiger partial charge in [0.15, 0.2) is 5.69 Å². The van der Waals surface area contributed by atoms with Gasteiger partial charge < -0.3 is 10.5 Å². The van der Waals surface area contributed by atoms with Gasteiger partial charge in [0, 0.05) is 32.5 Å². The zero-order valence-electron chi connectivity index (χ0n) is 9.30. The Kier molecular flexibility index (Phi) is 3.30. The Morgan fingerprint density at radius 1 is 1.50 bits per heavy atom. The van der Waals surface area contributed by atoms with Crippen molar-refractivity contribution in [2.75, 3.05) is 13.7 Å². The quantitative estimate of drug-likeness (QED) is 0.861. The molecule has 2 N–H and O–H groups in total. The number of alkyl halides is 3. The molecule has 0 aliphatic rings. The van der Waals surface area contributed by atoms with Crippen molar-refractivity contribution in [3.8, 4) is 0 Å². The second-order valence-corrected chi connectivity index (χ2v) is 3.70. The molecule has 0 amide bonds. The summed E-state index contributed by atoms with van der Waals surface area (Å²) in [6.45, 7) is 1.44. The Balaban J connectivity index is 3.33. The average molecular weight is 237 g/mol. The second-order valence-electron chi connectivity index (χ2n) is 3.70. The minimum absolute atomic E-state index is 0.0486. The van der Waals surface area contributed by atoms with Gasteiger partial charge in [0.2, 0.25) is 0 Å². The van der Waals surface area contributed by atoms with E-state index in [1.165, 1.54) is 27.3 Å². The van der Waals surface area contributed by atoms with Gasteiger partial charge >= 0.3 is 6.18 Å². The summed E-state index contributed by atoms with van der Waals surface area (Å²) < 4.78 is 44.2. The van der Waals surface area contributed by atoms with Crippen LogP contribution in [0.5, 0.6) is 0 Å². The molecule has 0 fully saturated rings. The molecule has 1 aromatic heterocycles. The fourth-order valence-corrected chi connectivity index (χ4v) is 1.39. The number of aromatic nitrogens is 2. The number of nitrogens with two attached hydrogens (primary N) is 1. The maximum atomic E-state index is 12.7. The van der Waals surface area contributed by atoms with Crippen LogP contribution in [0.2, 0.25) is 0 Å². The predicted molar refractivity (Wildman–Crippen MR) is 51.6 cm³/mol. The first kappa shape index (κ1) is 13.0. The molecule has 0 aliphatic carbocycles. The third-order valence-electron chi connectivity index (χ3n) is 2.51. The molecule has 7 heteroatoms. The summed E-state index contributed by atoms with van der Waals surface area (Å²) in [5, 5.41) is 3.40. The van der Waals surface area contributed by atoms with E-state index in [4.69, 9.17) is 10.5 Å². The lowest BCUT2D eigenvalue weighted by atomic mass is 9.96. The molecule has 92 valence electrons. The molecular formula is C9H14F3N3O. The molecule has 0 saturated heterocycles. The maximum Gasteiger partial charge on any atom is 0.435 e. The third-order valence-corrected chi connectivity index (χ3v) is 2.51. The Morgan fingerprint density at radius 2 is 2.06 bits per heavy atom. The first-order valence-electron chi connectivity index (χ1n) is 4.61. The number of nitrogens with zero attached hydrogens (tertiary/aromatic N) is 2. The Morgan fingerprint density at radius 3 is 2.44 bits per heavy atom. The second kappa shape index (κ2) is 4.06. The number of hydrogen-bond donors (Lipinski definition) is 1. The van der Waals surface area contributed by atoms with Crippen LogP contribution < -0.4 is 5.73 Å². The number of ether oxygens (including phenoxy) is 1. The highest BCUT2D eigenvalue weighted by atomic mass is 19.4. The van der Waals surface area contributed by atoms with Gasteiger partial charge in [-0.1, -0.05) is 0 Å². The third kappa shape index (κ3) is 2.19. The monoisotopic (exact) mass is 237 g/mol. The minimum Gasteiger partial charge on any atom is -0.372 e. The van der Waals surface area contributed by atoms with Crippen LogP contribution in [0, 0.1) is 0 Å². The minimum atomic E-state index is -4.51. The molecule has 16 heavy (non-hydrogen) atoms. The molecule has 0 spiro atoms. The van der Waals surface area contributed by atoms with Crippen LogP contribution in [0.15, 0.2) is 6.20 Å². The van der Waals surface area contributed by atoms with Crippen molar-refractivity contribution < 1.29 is 17.9 Å². The topological polar surface area (TPSA) is 53.1 Å². The highest BCUT2D eigenvalue weighted by Gasteiger charge is 2.42. The van der Waals surface area contributed by atoms with Crippen LogP contribution in [0.25, 0.3) is 0 Å². The van der Waals surface area contributed by atoms with Crippen LogP contribution in [-0.2, 0) is 23.6 Å². The van der Waals surface area contributed by atoms with E-state index >= 15 is 0 Å². The largest absolute Gasteiger partial charge is 0.435 e. The standard InChI is InChI=1S/C9H14F3N3O/c1-8(5-13,16-3)6-4-15(2)14-7(6)9(10,11)12/h4H,5,13H2,1-3H3. The van der Waals surface area contributed by atoms with E-state index in [1.807, 2.05) is 0 Å². The van der Waals surface area contributed by atoms with Gasteiger partial charge in [-0.2, -0.15) is 18.3 Å². The van der Waals surface area contributed by atoms with E-state index in [9.17, 15) is 13.2 Å². The SMILES string of the molecule is COC(C)(CN)c1cn(C)nc1C(F)(F)F. The van der Waals surface area contributed by atoms with E-state index in [2.05, 4.69) is 5.10 Å². The maximum absolute atomic E-state index is 12.7. The molecule has 1 atom stereocenters. The highest BCUT2D eigenvalue weighted by molar-refractivity contribution is 5.27. The number of halogens is 3. The summed E-state index contributed by atoms with van der Waals surface area (Å²) in [6.07, 6.45) is -3.23. The number of rotatable bonds is 3. The van der Waals surface area contributed by atoms with Crippen molar-refractivity contribution in [3.05, 3.63) is 17.5 Å². The zero-order chi connectivity index (χ0) is 12.6. The molecule has 1 heterocycles. The average Bonchev–Trinajstić information content (AvgIpc) is 2.59. The van der Waals surface area contributed by atoms with Gasteiger partial charge in [0.05, 0.1) is 0 Å². The summed E-state index contributed by atoms with van der Waals surface area (Å²) in [6, 6.07) is 0. The molecule has 1 unspecified atom stereocenters. The molecule has 0 aromatic carbocycles. The van der Waals surface area contributed by atoms with E-state index in [0.717, 1.165) is 4.68 Å². The van der Waals surface area contributed by atoms with Crippen LogP contribution in [0.3, 0.4) is 0 Å². The summed E-state index contributed by atoms with van der Waals surface area (Å²) in [5.41, 5.74) is 3.26. The lowest BCUT2D eigenvalue weighted by molar-refractivity contribution is -0.144. The molecule has 0 saturated carbocycles. The van der Waals surface area contributed by atoms with E-state index in [1.54, 1.807) is 0 Å². The highest BCUT2D eigenvalue weighted by Crippen LogP contribution is 2.36.